The number of hydrogen-bond donors (Lipinski definition) is 1. The van der Waals surface area contributed by atoms with Gasteiger partial charge in [0.2, 0.25) is 11.7 Å². The lowest BCUT2D eigenvalue weighted by Crippen LogP contribution is -2.19. The maximum absolute atomic E-state index is 13.3. The second-order valence-electron chi connectivity index (χ2n) is 7.36. The third-order valence-corrected chi connectivity index (χ3v) is 5.26. The Morgan fingerprint density at radius 2 is 1.97 bits per heavy atom. The quantitative estimate of drug-likeness (QED) is 0.636. The highest BCUT2D eigenvalue weighted by Gasteiger charge is 2.24. The number of methoxy groups -OCH3 is 1. The normalized spacial score (nSPS) is 13.3. The molecule has 0 atom stereocenters. The van der Waals surface area contributed by atoms with Crippen LogP contribution in [0.4, 0.5) is 16.0 Å². The lowest BCUT2D eigenvalue weighted by atomic mass is 10.0. The predicted octanol–water partition coefficient (Wildman–Crippen LogP) is 4.62. The van der Waals surface area contributed by atoms with Crippen LogP contribution in [0.2, 0.25) is 0 Å². The first-order valence-corrected chi connectivity index (χ1v) is 9.87. The molecule has 0 radical (unpaired) electrons. The number of benzene rings is 2. The van der Waals surface area contributed by atoms with Gasteiger partial charge in [0.25, 0.3) is 0 Å². The van der Waals surface area contributed by atoms with Crippen LogP contribution >= 0.6 is 0 Å². The van der Waals surface area contributed by atoms with Gasteiger partial charge in [-0.2, -0.15) is 4.98 Å². The highest BCUT2D eigenvalue weighted by atomic mass is 19.1. The summed E-state index contributed by atoms with van der Waals surface area (Å²) in [5, 5.41) is 3.36. The van der Waals surface area contributed by atoms with Crippen LogP contribution in [0.25, 0.3) is 0 Å². The standard InChI is InChI=1S/C23H24FN3O2/c1-3-16-6-9-18(17-7-8-17)12-20(16)25-23-26-22(28)21(29-2)14-27(23)13-15-4-10-19(24)11-5-15/h4-6,9-12,14,17H,3,7-8,13H2,1-2H3,(H,25,26,28). The smallest absolute Gasteiger partial charge is 0.316 e. The Morgan fingerprint density at radius 3 is 2.62 bits per heavy atom. The van der Waals surface area contributed by atoms with Crippen molar-refractivity contribution in [2.24, 2.45) is 0 Å². The number of anilines is 2. The summed E-state index contributed by atoms with van der Waals surface area (Å²) in [5.41, 5.74) is 3.89. The Morgan fingerprint density at radius 1 is 1.21 bits per heavy atom. The van der Waals surface area contributed by atoms with Crippen LogP contribution in [0.1, 0.15) is 42.4 Å². The molecule has 2 aromatic carbocycles. The molecule has 0 saturated heterocycles. The third-order valence-electron chi connectivity index (χ3n) is 5.26. The molecule has 150 valence electrons. The summed E-state index contributed by atoms with van der Waals surface area (Å²) in [6.45, 7) is 2.53. The molecule has 5 nitrogen and oxygen atoms in total. The van der Waals surface area contributed by atoms with Gasteiger partial charge in [-0.05, 0) is 60.1 Å². The maximum Gasteiger partial charge on any atom is 0.316 e. The number of rotatable bonds is 7. The van der Waals surface area contributed by atoms with Crippen LogP contribution in [-0.2, 0) is 13.0 Å². The first-order valence-electron chi connectivity index (χ1n) is 9.87. The minimum Gasteiger partial charge on any atom is -0.490 e. The van der Waals surface area contributed by atoms with E-state index in [-0.39, 0.29) is 11.6 Å². The summed E-state index contributed by atoms with van der Waals surface area (Å²) < 4.78 is 20.2. The Balaban J connectivity index is 1.72. The molecule has 3 aromatic rings. The first-order chi connectivity index (χ1) is 14.1. The summed E-state index contributed by atoms with van der Waals surface area (Å²) in [4.78, 5) is 16.5. The van der Waals surface area contributed by atoms with E-state index in [1.807, 2.05) is 4.57 Å². The van der Waals surface area contributed by atoms with Crippen molar-refractivity contribution in [3.8, 4) is 5.75 Å². The average Bonchev–Trinajstić information content (AvgIpc) is 3.57. The molecular weight excluding hydrogens is 369 g/mol. The minimum atomic E-state index is -0.429. The monoisotopic (exact) mass is 393 g/mol. The van der Waals surface area contributed by atoms with Crippen molar-refractivity contribution in [3.05, 3.63) is 81.5 Å². The molecule has 0 bridgehead atoms. The van der Waals surface area contributed by atoms with Gasteiger partial charge in [0.1, 0.15) is 5.82 Å². The van der Waals surface area contributed by atoms with Crippen molar-refractivity contribution in [1.82, 2.24) is 9.55 Å². The highest BCUT2D eigenvalue weighted by Crippen LogP contribution is 2.41. The molecule has 1 aliphatic rings. The zero-order chi connectivity index (χ0) is 20.4. The average molecular weight is 393 g/mol. The SMILES string of the molecule is CCc1ccc(C2CC2)cc1Nc1nc(=O)c(OC)cn1Cc1ccc(F)cc1. The Hall–Kier alpha value is -3.15. The molecule has 1 heterocycles. The lowest BCUT2D eigenvalue weighted by Gasteiger charge is -2.17. The largest absolute Gasteiger partial charge is 0.490 e. The summed E-state index contributed by atoms with van der Waals surface area (Å²) in [6, 6.07) is 12.8. The van der Waals surface area contributed by atoms with Crippen molar-refractivity contribution in [3.63, 3.8) is 0 Å². The van der Waals surface area contributed by atoms with E-state index in [9.17, 15) is 9.18 Å². The van der Waals surface area contributed by atoms with Crippen molar-refractivity contribution < 1.29 is 9.13 Å². The van der Waals surface area contributed by atoms with Gasteiger partial charge in [-0.3, -0.25) is 4.79 Å². The molecule has 6 heteroatoms. The fourth-order valence-corrected chi connectivity index (χ4v) is 3.43. The van der Waals surface area contributed by atoms with Gasteiger partial charge in [0.15, 0.2) is 0 Å². The van der Waals surface area contributed by atoms with Gasteiger partial charge < -0.3 is 14.6 Å². The maximum atomic E-state index is 13.3. The fraction of sp³-hybridized carbons (Fsp3) is 0.304. The molecule has 0 spiro atoms. The summed E-state index contributed by atoms with van der Waals surface area (Å²) in [6.07, 6.45) is 4.95. The molecule has 4 rings (SSSR count). The van der Waals surface area contributed by atoms with Crippen molar-refractivity contribution in [1.29, 1.82) is 0 Å². The number of nitrogens with one attached hydrogen (secondary N) is 1. The van der Waals surface area contributed by atoms with Crippen LogP contribution in [0.15, 0.2) is 53.5 Å². The van der Waals surface area contributed by atoms with E-state index < -0.39 is 5.56 Å². The number of halogens is 1. The molecule has 0 aliphatic heterocycles. The van der Waals surface area contributed by atoms with E-state index >= 15 is 0 Å². The molecule has 1 saturated carbocycles. The zero-order valence-electron chi connectivity index (χ0n) is 16.6. The minimum absolute atomic E-state index is 0.167. The van der Waals surface area contributed by atoms with Crippen LogP contribution in [0.5, 0.6) is 5.75 Å². The summed E-state index contributed by atoms with van der Waals surface area (Å²) in [5.74, 6) is 0.946. The molecule has 1 aliphatic carbocycles. The van der Waals surface area contributed by atoms with Gasteiger partial charge in [0, 0.05) is 5.69 Å². The topological polar surface area (TPSA) is 56.1 Å². The predicted molar refractivity (Wildman–Crippen MR) is 112 cm³/mol. The van der Waals surface area contributed by atoms with Gasteiger partial charge in [-0.1, -0.05) is 31.2 Å². The number of ether oxygens (including phenoxy) is 1. The van der Waals surface area contributed by atoms with Crippen molar-refractivity contribution in [2.45, 2.75) is 38.6 Å². The molecule has 1 N–H and O–H groups in total. The second kappa shape index (κ2) is 8.07. The fourth-order valence-electron chi connectivity index (χ4n) is 3.43. The van der Waals surface area contributed by atoms with Crippen LogP contribution in [-0.4, -0.2) is 16.7 Å². The molecule has 1 aromatic heterocycles. The van der Waals surface area contributed by atoms with Crippen LogP contribution in [0, 0.1) is 5.82 Å². The van der Waals surface area contributed by atoms with E-state index in [1.54, 1.807) is 18.3 Å². The lowest BCUT2D eigenvalue weighted by molar-refractivity contribution is 0.402. The van der Waals surface area contributed by atoms with E-state index in [1.165, 1.54) is 37.6 Å². The number of hydrogen-bond acceptors (Lipinski definition) is 4. The molecule has 0 unspecified atom stereocenters. The van der Waals surface area contributed by atoms with Gasteiger partial charge in [0.05, 0.1) is 19.9 Å². The van der Waals surface area contributed by atoms with Crippen molar-refractivity contribution in [2.75, 3.05) is 12.4 Å². The summed E-state index contributed by atoms with van der Waals surface area (Å²) in [7, 11) is 1.45. The van der Waals surface area contributed by atoms with Gasteiger partial charge >= 0.3 is 5.56 Å². The molecule has 1 fully saturated rings. The summed E-state index contributed by atoms with van der Waals surface area (Å²) >= 11 is 0. The Kier molecular flexibility index (Phi) is 5.34. The van der Waals surface area contributed by atoms with Gasteiger partial charge in [-0.15, -0.1) is 0 Å². The van der Waals surface area contributed by atoms with E-state index in [2.05, 4.69) is 35.4 Å². The molecular formula is C23H24FN3O2. The molecule has 0 amide bonds. The van der Waals surface area contributed by atoms with E-state index in [0.717, 1.165) is 23.2 Å². The highest BCUT2D eigenvalue weighted by molar-refractivity contribution is 5.61. The molecule has 29 heavy (non-hydrogen) atoms. The Labute approximate surface area is 169 Å². The Bertz CT molecular complexity index is 1070. The van der Waals surface area contributed by atoms with Crippen molar-refractivity contribution >= 4 is 11.6 Å². The van der Waals surface area contributed by atoms with E-state index in [0.29, 0.717) is 18.4 Å². The van der Waals surface area contributed by atoms with E-state index in [4.69, 9.17) is 4.74 Å². The number of nitrogens with zero attached hydrogens (tertiary/aromatic N) is 2. The van der Waals surface area contributed by atoms with Crippen LogP contribution < -0.4 is 15.6 Å². The van der Waals surface area contributed by atoms with Gasteiger partial charge in [-0.25, -0.2) is 4.39 Å². The second-order valence-corrected chi connectivity index (χ2v) is 7.36. The third kappa shape index (κ3) is 4.31. The first kappa shape index (κ1) is 19.2. The van der Waals surface area contributed by atoms with Crippen LogP contribution in [0.3, 0.4) is 0 Å². The number of aryl methyl sites for hydroxylation is 1. The zero-order valence-corrected chi connectivity index (χ0v) is 16.6. The number of aromatic nitrogens is 2.